The molecule has 35 heavy (non-hydrogen) atoms. The van der Waals surface area contributed by atoms with Crippen molar-refractivity contribution in [3.8, 4) is 5.75 Å². The van der Waals surface area contributed by atoms with Gasteiger partial charge in [0.2, 0.25) is 0 Å². The van der Waals surface area contributed by atoms with Gasteiger partial charge in [-0.3, -0.25) is 14.9 Å². The van der Waals surface area contributed by atoms with Crippen LogP contribution in [-0.4, -0.2) is 31.2 Å². The molecule has 0 radical (unpaired) electrons. The van der Waals surface area contributed by atoms with Crippen molar-refractivity contribution in [3.63, 3.8) is 0 Å². The standard InChI is InChI=1S/C26H24N2O6S/c1-16(29)34-23-24(18-8-11-20(32-2)12-9-18)35-22-14-19(10-13-21(22)28-25(23)30)27-26(31)33-15-17-6-4-3-5-7-17/h3-14,23-24H,15H2,1-2H3,(H,27,31)(H,28,30)/t23-,24+/m0/s1. The van der Waals surface area contributed by atoms with Gasteiger partial charge >= 0.3 is 12.1 Å². The van der Waals surface area contributed by atoms with Crippen LogP contribution in [0.3, 0.4) is 0 Å². The van der Waals surface area contributed by atoms with E-state index in [0.29, 0.717) is 22.0 Å². The van der Waals surface area contributed by atoms with Crippen LogP contribution in [0.5, 0.6) is 5.75 Å². The number of benzene rings is 3. The second kappa shape index (κ2) is 11.0. The highest BCUT2D eigenvalue weighted by molar-refractivity contribution is 7.99. The minimum Gasteiger partial charge on any atom is -0.497 e. The van der Waals surface area contributed by atoms with Crippen LogP contribution in [0.25, 0.3) is 0 Å². The zero-order valence-corrected chi connectivity index (χ0v) is 20.0. The molecule has 0 saturated carbocycles. The first-order valence-electron chi connectivity index (χ1n) is 10.8. The number of nitrogens with one attached hydrogen (secondary N) is 2. The third kappa shape index (κ3) is 6.13. The predicted molar refractivity (Wildman–Crippen MR) is 132 cm³/mol. The molecule has 0 spiro atoms. The Morgan fingerprint density at radius 2 is 1.77 bits per heavy atom. The molecule has 1 heterocycles. The first-order valence-corrected chi connectivity index (χ1v) is 11.7. The number of fused-ring (bicyclic) bond motifs is 1. The van der Waals surface area contributed by atoms with Gasteiger partial charge in [-0.05, 0) is 41.5 Å². The molecule has 4 rings (SSSR count). The molecule has 0 unspecified atom stereocenters. The smallest absolute Gasteiger partial charge is 0.411 e. The minimum atomic E-state index is -1.05. The molecule has 0 bridgehead atoms. The van der Waals surface area contributed by atoms with Crippen LogP contribution in [0.2, 0.25) is 0 Å². The molecule has 2 amide bonds. The molecule has 9 heteroatoms. The topological polar surface area (TPSA) is 103 Å². The van der Waals surface area contributed by atoms with Crippen LogP contribution in [0, 0.1) is 0 Å². The molecule has 0 fully saturated rings. The van der Waals surface area contributed by atoms with Crippen molar-refractivity contribution in [1.82, 2.24) is 0 Å². The lowest BCUT2D eigenvalue weighted by molar-refractivity contribution is -0.152. The van der Waals surface area contributed by atoms with E-state index in [4.69, 9.17) is 14.2 Å². The summed E-state index contributed by atoms with van der Waals surface area (Å²) in [5.74, 6) is -0.323. The van der Waals surface area contributed by atoms with E-state index >= 15 is 0 Å². The van der Waals surface area contributed by atoms with Gasteiger partial charge in [0.15, 0.2) is 6.10 Å². The maximum absolute atomic E-state index is 13.0. The number of anilines is 2. The van der Waals surface area contributed by atoms with Crippen molar-refractivity contribution in [2.75, 3.05) is 17.7 Å². The molecular formula is C26H24N2O6S. The highest BCUT2D eigenvalue weighted by Crippen LogP contribution is 2.46. The molecule has 0 aliphatic carbocycles. The van der Waals surface area contributed by atoms with Crippen molar-refractivity contribution in [3.05, 3.63) is 83.9 Å². The maximum Gasteiger partial charge on any atom is 0.411 e. The Labute approximate surface area is 207 Å². The van der Waals surface area contributed by atoms with Crippen molar-refractivity contribution in [2.45, 2.75) is 29.8 Å². The second-order valence-corrected chi connectivity index (χ2v) is 8.91. The van der Waals surface area contributed by atoms with Gasteiger partial charge in [-0.2, -0.15) is 0 Å². The molecule has 8 nitrogen and oxygen atoms in total. The van der Waals surface area contributed by atoms with Gasteiger partial charge in [0.05, 0.1) is 18.0 Å². The summed E-state index contributed by atoms with van der Waals surface area (Å²) in [6.45, 7) is 1.41. The van der Waals surface area contributed by atoms with Crippen LogP contribution in [0.1, 0.15) is 23.3 Å². The van der Waals surface area contributed by atoms with Crippen molar-refractivity contribution < 1.29 is 28.6 Å². The second-order valence-electron chi connectivity index (χ2n) is 7.73. The summed E-state index contributed by atoms with van der Waals surface area (Å²) in [5.41, 5.74) is 2.71. The number of ether oxygens (including phenoxy) is 3. The Morgan fingerprint density at radius 3 is 2.46 bits per heavy atom. The molecule has 0 saturated heterocycles. The number of amides is 2. The minimum absolute atomic E-state index is 0.145. The monoisotopic (exact) mass is 492 g/mol. The van der Waals surface area contributed by atoms with Gasteiger partial charge in [0.25, 0.3) is 5.91 Å². The summed E-state index contributed by atoms with van der Waals surface area (Å²) < 4.78 is 15.9. The summed E-state index contributed by atoms with van der Waals surface area (Å²) in [7, 11) is 1.57. The van der Waals surface area contributed by atoms with Gasteiger partial charge in [-0.1, -0.05) is 42.5 Å². The SMILES string of the molecule is COc1ccc([C@H]2Sc3cc(NC(=O)OCc4ccccc4)ccc3NC(=O)[C@H]2OC(C)=O)cc1. The Morgan fingerprint density at radius 1 is 1.03 bits per heavy atom. The molecule has 0 aromatic heterocycles. The van der Waals surface area contributed by atoms with E-state index in [1.54, 1.807) is 37.4 Å². The fourth-order valence-electron chi connectivity index (χ4n) is 3.55. The van der Waals surface area contributed by atoms with Gasteiger partial charge in [-0.25, -0.2) is 4.79 Å². The Balaban J connectivity index is 1.55. The highest BCUT2D eigenvalue weighted by Gasteiger charge is 2.37. The molecule has 2 atom stereocenters. The van der Waals surface area contributed by atoms with E-state index in [2.05, 4.69) is 10.6 Å². The molecule has 1 aliphatic rings. The van der Waals surface area contributed by atoms with Crippen molar-refractivity contribution >= 4 is 41.1 Å². The van der Waals surface area contributed by atoms with Crippen LogP contribution >= 0.6 is 11.8 Å². The van der Waals surface area contributed by atoms with Crippen LogP contribution < -0.4 is 15.4 Å². The van der Waals surface area contributed by atoms with E-state index in [1.165, 1.54) is 18.7 Å². The van der Waals surface area contributed by atoms with E-state index < -0.39 is 29.3 Å². The third-order valence-electron chi connectivity index (χ3n) is 5.22. The fraction of sp³-hybridized carbons (Fsp3) is 0.192. The molecule has 3 aromatic rings. The average Bonchev–Trinajstić information content (AvgIpc) is 2.99. The fourth-order valence-corrected chi connectivity index (χ4v) is 4.86. The van der Waals surface area contributed by atoms with Crippen LogP contribution in [-0.2, 0) is 25.7 Å². The predicted octanol–water partition coefficient (Wildman–Crippen LogP) is 5.16. The van der Waals surface area contributed by atoms with E-state index in [0.717, 1.165) is 11.1 Å². The average molecular weight is 493 g/mol. The largest absolute Gasteiger partial charge is 0.497 e. The van der Waals surface area contributed by atoms with Gasteiger partial charge < -0.3 is 19.5 Å². The molecule has 1 aliphatic heterocycles. The van der Waals surface area contributed by atoms with Crippen LogP contribution in [0.4, 0.5) is 16.2 Å². The molecule has 3 aromatic carbocycles. The maximum atomic E-state index is 13.0. The Bertz CT molecular complexity index is 1220. The summed E-state index contributed by atoms with van der Waals surface area (Å²) in [6.07, 6.45) is -1.65. The van der Waals surface area contributed by atoms with E-state index in [-0.39, 0.29) is 6.61 Å². The number of thioether (sulfide) groups is 1. The lowest BCUT2D eigenvalue weighted by atomic mass is 10.1. The zero-order chi connectivity index (χ0) is 24.8. The Kier molecular flexibility index (Phi) is 7.57. The molecule has 180 valence electrons. The van der Waals surface area contributed by atoms with Gasteiger partial charge in [0, 0.05) is 17.5 Å². The van der Waals surface area contributed by atoms with E-state index in [1.807, 2.05) is 42.5 Å². The summed E-state index contributed by atoms with van der Waals surface area (Å²) in [4.78, 5) is 37.8. The summed E-state index contributed by atoms with van der Waals surface area (Å²) >= 11 is 1.36. The number of hydrogen-bond acceptors (Lipinski definition) is 7. The Hall–Kier alpha value is -3.98. The summed E-state index contributed by atoms with van der Waals surface area (Å²) in [5, 5.41) is 5.02. The molecule has 2 N–H and O–H groups in total. The first kappa shape index (κ1) is 24.2. The number of esters is 1. The van der Waals surface area contributed by atoms with E-state index in [9.17, 15) is 14.4 Å². The lowest BCUT2D eigenvalue weighted by Gasteiger charge is -2.23. The quantitative estimate of drug-likeness (QED) is 0.458. The molecular weight excluding hydrogens is 468 g/mol. The number of rotatable bonds is 6. The summed E-state index contributed by atoms with van der Waals surface area (Å²) in [6, 6.07) is 21.7. The number of carbonyl (C=O) groups is 3. The number of carbonyl (C=O) groups excluding carboxylic acids is 3. The third-order valence-corrected chi connectivity index (χ3v) is 6.59. The normalized spacial score (nSPS) is 16.8. The van der Waals surface area contributed by atoms with Crippen LogP contribution in [0.15, 0.2) is 77.7 Å². The number of methoxy groups -OCH3 is 1. The first-order chi connectivity index (χ1) is 16.9. The highest BCUT2D eigenvalue weighted by atomic mass is 32.2. The van der Waals surface area contributed by atoms with Crippen molar-refractivity contribution in [2.24, 2.45) is 0 Å². The van der Waals surface area contributed by atoms with Gasteiger partial charge in [-0.15, -0.1) is 11.8 Å². The number of hydrogen-bond donors (Lipinski definition) is 2. The van der Waals surface area contributed by atoms with Gasteiger partial charge in [0.1, 0.15) is 12.4 Å². The zero-order valence-electron chi connectivity index (χ0n) is 19.1. The van der Waals surface area contributed by atoms with Crippen molar-refractivity contribution in [1.29, 1.82) is 0 Å². The lowest BCUT2D eigenvalue weighted by Crippen LogP contribution is -2.34.